The first-order valence-corrected chi connectivity index (χ1v) is 16.5. The molecule has 0 bridgehead atoms. The van der Waals surface area contributed by atoms with Crippen molar-refractivity contribution in [1.82, 2.24) is 25.9 Å². The highest BCUT2D eigenvalue weighted by molar-refractivity contribution is 5.93. The number of phenols is 1. The third kappa shape index (κ3) is 11.5. The van der Waals surface area contributed by atoms with Crippen LogP contribution >= 0.6 is 0 Å². The molecule has 0 saturated heterocycles. The van der Waals surface area contributed by atoms with Gasteiger partial charge in [-0.15, -0.1) is 0 Å². The van der Waals surface area contributed by atoms with E-state index in [4.69, 9.17) is 9.47 Å². The van der Waals surface area contributed by atoms with Gasteiger partial charge in [0.05, 0.1) is 6.33 Å². The minimum absolute atomic E-state index is 0.0114. The van der Waals surface area contributed by atoms with Gasteiger partial charge >= 0.3 is 12.1 Å². The summed E-state index contributed by atoms with van der Waals surface area (Å²) in [4.78, 5) is 59.4. The summed E-state index contributed by atoms with van der Waals surface area (Å²) in [5.74, 6) is -2.06. The smallest absolute Gasteiger partial charge is 0.408 e. The average molecular weight is 706 g/mol. The molecule has 0 aliphatic rings. The predicted octanol–water partition coefficient (Wildman–Crippen LogP) is 4.07. The van der Waals surface area contributed by atoms with Crippen molar-refractivity contribution in [3.8, 4) is 11.5 Å². The number of imidazole rings is 1. The normalized spacial score (nSPS) is 12.5. The molecule has 1 heterocycles. The number of hydrogen-bond acceptors (Lipinski definition) is 8. The number of aromatic nitrogens is 2. The molecule has 1 aromatic heterocycles. The molecule has 0 radical (unpaired) electrons. The van der Waals surface area contributed by atoms with Crippen molar-refractivity contribution in [2.24, 2.45) is 0 Å². The number of aliphatic carboxylic acids is 1. The third-order valence-electron chi connectivity index (χ3n) is 8.04. The summed E-state index contributed by atoms with van der Waals surface area (Å²) < 4.78 is 11.2. The Morgan fingerprint density at radius 2 is 1.17 bits per heavy atom. The van der Waals surface area contributed by atoms with Crippen LogP contribution in [-0.4, -0.2) is 62.2 Å². The Morgan fingerprint density at radius 3 is 1.79 bits per heavy atom. The van der Waals surface area contributed by atoms with E-state index in [1.807, 2.05) is 30.3 Å². The fourth-order valence-corrected chi connectivity index (χ4v) is 5.25. The van der Waals surface area contributed by atoms with Gasteiger partial charge in [0.2, 0.25) is 11.8 Å². The zero-order chi connectivity index (χ0) is 36.7. The first-order chi connectivity index (χ1) is 25.2. The number of carbonyl (C=O) groups is 4. The number of carboxylic acids is 1. The second kappa shape index (κ2) is 18.4. The number of aromatic amines is 1. The number of hydrogen-bond donors (Lipinski definition) is 6. The van der Waals surface area contributed by atoms with E-state index in [0.717, 1.165) is 5.56 Å². The molecule has 0 saturated carbocycles. The molecule has 268 valence electrons. The van der Waals surface area contributed by atoms with E-state index in [9.17, 15) is 29.4 Å². The molecule has 13 nitrogen and oxygen atoms in total. The molecule has 5 aromatic rings. The molecular weight excluding hydrogens is 666 g/mol. The van der Waals surface area contributed by atoms with Gasteiger partial charge in [0.1, 0.15) is 42.8 Å². The van der Waals surface area contributed by atoms with Crippen molar-refractivity contribution in [1.29, 1.82) is 0 Å². The van der Waals surface area contributed by atoms with Crippen LogP contribution < -0.4 is 20.7 Å². The Bertz CT molecular complexity index is 1890. The van der Waals surface area contributed by atoms with Crippen LogP contribution in [-0.2, 0) is 51.6 Å². The summed E-state index contributed by atoms with van der Waals surface area (Å²) in [6.45, 7) is 0.317. The number of rotatable bonds is 17. The van der Waals surface area contributed by atoms with Crippen LogP contribution in [0.3, 0.4) is 0 Å². The van der Waals surface area contributed by atoms with Crippen LogP contribution in [0.4, 0.5) is 4.79 Å². The largest absolute Gasteiger partial charge is 0.508 e. The average Bonchev–Trinajstić information content (AvgIpc) is 3.67. The van der Waals surface area contributed by atoms with Gasteiger partial charge in [-0.2, -0.15) is 0 Å². The Morgan fingerprint density at radius 1 is 0.635 bits per heavy atom. The molecule has 5 rings (SSSR count). The number of benzene rings is 4. The Labute approximate surface area is 300 Å². The van der Waals surface area contributed by atoms with Gasteiger partial charge in [0.15, 0.2) is 0 Å². The molecule has 3 atom stereocenters. The number of aromatic hydroxyl groups is 1. The molecule has 52 heavy (non-hydrogen) atoms. The SMILES string of the molecule is O=C(N[C@@H](Cc1cnc[nH]1)C(=O)N[C@@H](Cc1ccc(O)cc1)C(=O)N[C@@H](Cc1ccccc1)C(=O)O)OCc1ccc(OCc2ccccc2)cc1. The minimum Gasteiger partial charge on any atom is -0.508 e. The number of nitrogens with one attached hydrogen (secondary N) is 4. The van der Waals surface area contributed by atoms with Crippen molar-refractivity contribution in [3.63, 3.8) is 0 Å². The maximum Gasteiger partial charge on any atom is 0.408 e. The third-order valence-corrected chi connectivity index (χ3v) is 8.04. The van der Waals surface area contributed by atoms with Gasteiger partial charge < -0.3 is 40.6 Å². The van der Waals surface area contributed by atoms with Crippen molar-refractivity contribution in [2.45, 2.75) is 50.6 Å². The number of carboxylic acid groups (broad SMARTS) is 1. The van der Waals surface area contributed by atoms with Crippen molar-refractivity contribution < 1.29 is 38.9 Å². The van der Waals surface area contributed by atoms with Gasteiger partial charge in [-0.1, -0.05) is 84.9 Å². The van der Waals surface area contributed by atoms with Crippen LogP contribution in [0, 0.1) is 0 Å². The number of ether oxygens (including phenoxy) is 2. The van der Waals surface area contributed by atoms with E-state index in [-0.39, 0.29) is 31.6 Å². The van der Waals surface area contributed by atoms with Gasteiger partial charge in [-0.25, -0.2) is 14.6 Å². The first kappa shape index (κ1) is 36.6. The summed E-state index contributed by atoms with van der Waals surface area (Å²) in [7, 11) is 0. The number of phenolic OH excluding ortho intramolecular Hbond substituents is 1. The standard InChI is InChI=1S/C39H39N5O8/c45-31-15-11-27(12-16-31)19-33(36(46)43-35(38(48)49)20-26-7-3-1-4-8-26)42-37(47)34(21-30-22-40-25-41-30)44-39(50)52-24-29-13-17-32(18-14-29)51-23-28-9-5-2-6-10-28/h1-18,22,25,33-35,45H,19-21,23-24H2,(H,40,41)(H,42,47)(H,43,46)(H,44,50)(H,48,49)/t33-,34-,35-/m0/s1. The fourth-order valence-electron chi connectivity index (χ4n) is 5.25. The number of carbonyl (C=O) groups excluding carboxylic acids is 3. The van der Waals surface area contributed by atoms with Crippen LogP contribution in [0.1, 0.15) is 27.9 Å². The molecule has 0 spiro atoms. The van der Waals surface area contributed by atoms with E-state index < -0.39 is 42.0 Å². The maximum absolute atomic E-state index is 13.8. The van der Waals surface area contributed by atoms with E-state index in [0.29, 0.717) is 34.7 Å². The lowest BCUT2D eigenvalue weighted by Gasteiger charge is -2.24. The van der Waals surface area contributed by atoms with Gasteiger partial charge in [-0.3, -0.25) is 9.59 Å². The predicted molar refractivity (Wildman–Crippen MR) is 190 cm³/mol. The molecule has 6 N–H and O–H groups in total. The Balaban J connectivity index is 1.24. The summed E-state index contributed by atoms with van der Waals surface area (Å²) in [6, 6.07) is 27.9. The lowest BCUT2D eigenvalue weighted by molar-refractivity contribution is -0.142. The van der Waals surface area contributed by atoms with Crippen molar-refractivity contribution in [2.75, 3.05) is 0 Å². The zero-order valence-corrected chi connectivity index (χ0v) is 28.1. The molecule has 0 aliphatic heterocycles. The van der Waals surface area contributed by atoms with E-state index in [1.165, 1.54) is 24.7 Å². The highest BCUT2D eigenvalue weighted by Gasteiger charge is 2.30. The van der Waals surface area contributed by atoms with Crippen molar-refractivity contribution >= 4 is 23.9 Å². The lowest BCUT2D eigenvalue weighted by Crippen LogP contribution is -2.57. The minimum atomic E-state index is -1.28. The molecule has 13 heteroatoms. The molecule has 0 fully saturated rings. The van der Waals surface area contributed by atoms with Crippen LogP contribution in [0.5, 0.6) is 11.5 Å². The Kier molecular flexibility index (Phi) is 13.0. The van der Waals surface area contributed by atoms with E-state index in [1.54, 1.807) is 66.7 Å². The Hall–Kier alpha value is -6.63. The highest BCUT2D eigenvalue weighted by Crippen LogP contribution is 2.16. The molecule has 0 unspecified atom stereocenters. The number of nitrogens with zero attached hydrogens (tertiary/aromatic N) is 1. The molecule has 3 amide bonds. The molecule has 4 aromatic carbocycles. The van der Waals surface area contributed by atoms with E-state index >= 15 is 0 Å². The first-order valence-electron chi connectivity index (χ1n) is 16.5. The lowest BCUT2D eigenvalue weighted by atomic mass is 10.0. The summed E-state index contributed by atoms with van der Waals surface area (Å²) in [6.07, 6.45) is 2.00. The zero-order valence-electron chi connectivity index (χ0n) is 28.1. The number of amides is 3. The van der Waals surface area contributed by atoms with Crippen LogP contribution in [0.15, 0.2) is 122 Å². The number of H-pyrrole nitrogens is 1. The highest BCUT2D eigenvalue weighted by atomic mass is 16.5. The van der Waals surface area contributed by atoms with E-state index in [2.05, 4.69) is 25.9 Å². The monoisotopic (exact) mass is 705 g/mol. The summed E-state index contributed by atoms with van der Waals surface area (Å²) in [5, 5.41) is 27.5. The summed E-state index contributed by atoms with van der Waals surface area (Å²) >= 11 is 0. The van der Waals surface area contributed by atoms with Gasteiger partial charge in [-0.05, 0) is 46.5 Å². The fraction of sp³-hybridized carbons (Fsp3) is 0.205. The van der Waals surface area contributed by atoms with Crippen molar-refractivity contribution in [3.05, 3.63) is 150 Å². The molecule has 0 aliphatic carbocycles. The molecular formula is C39H39N5O8. The van der Waals surface area contributed by atoms with Crippen LogP contribution in [0.25, 0.3) is 0 Å². The quantitative estimate of drug-likeness (QED) is 0.0828. The van der Waals surface area contributed by atoms with Crippen LogP contribution in [0.2, 0.25) is 0 Å². The van der Waals surface area contributed by atoms with Gasteiger partial charge in [0.25, 0.3) is 0 Å². The second-order valence-electron chi connectivity index (χ2n) is 12.0. The van der Waals surface area contributed by atoms with Gasteiger partial charge in [0, 0.05) is 31.2 Å². The topological polar surface area (TPSA) is 192 Å². The second-order valence-corrected chi connectivity index (χ2v) is 12.0. The maximum atomic E-state index is 13.8. The summed E-state index contributed by atoms with van der Waals surface area (Å²) in [5.41, 5.74) is 3.53. The number of alkyl carbamates (subject to hydrolysis) is 1.